The van der Waals surface area contributed by atoms with E-state index in [1.165, 1.54) is 6.42 Å². The maximum Gasteiger partial charge on any atom is 0.214 e. The van der Waals surface area contributed by atoms with Crippen LogP contribution in [0.15, 0.2) is 42.9 Å². The minimum Gasteiger partial charge on any atom is -0.345 e. The highest BCUT2D eigenvalue weighted by Crippen LogP contribution is 2.31. The van der Waals surface area contributed by atoms with Gasteiger partial charge in [-0.1, -0.05) is 42.0 Å². The molecule has 6 nitrogen and oxygen atoms in total. The van der Waals surface area contributed by atoms with Crippen LogP contribution in [0.1, 0.15) is 31.6 Å². The van der Waals surface area contributed by atoms with Gasteiger partial charge in [-0.3, -0.25) is 0 Å². The highest BCUT2D eigenvalue weighted by atomic mass is 35.5. The van der Waals surface area contributed by atoms with Crippen molar-refractivity contribution in [2.24, 2.45) is 0 Å². The molecular weight excluding hydrogens is 392 g/mol. The van der Waals surface area contributed by atoms with Crippen molar-refractivity contribution >= 4 is 33.0 Å². The van der Waals surface area contributed by atoms with E-state index < -0.39 is 0 Å². The zero-order valence-corrected chi connectivity index (χ0v) is 17.2. The van der Waals surface area contributed by atoms with Crippen LogP contribution in [-0.2, 0) is 6.42 Å². The third kappa shape index (κ3) is 3.18. The number of hydrogen-bond acceptors (Lipinski definition) is 5. The van der Waals surface area contributed by atoms with Gasteiger partial charge in [0, 0.05) is 42.5 Å². The lowest BCUT2D eigenvalue weighted by Crippen LogP contribution is -2.37. The molecule has 1 saturated heterocycles. The molecule has 0 bridgehead atoms. The van der Waals surface area contributed by atoms with Gasteiger partial charge in [-0.25, -0.2) is 14.5 Å². The van der Waals surface area contributed by atoms with Gasteiger partial charge >= 0.3 is 0 Å². The van der Waals surface area contributed by atoms with Crippen molar-refractivity contribution in [3.05, 3.63) is 53.7 Å². The number of fused-ring (bicyclic) bond motifs is 1. The van der Waals surface area contributed by atoms with Crippen molar-refractivity contribution in [3.63, 3.8) is 0 Å². The second-order valence-electron chi connectivity index (χ2n) is 7.09. The van der Waals surface area contributed by atoms with Crippen LogP contribution < -0.4 is 4.90 Å². The molecule has 1 aromatic carbocycles. The molecule has 3 aromatic heterocycles. The zero-order valence-electron chi connectivity index (χ0n) is 15.6. The average Bonchev–Trinajstić information content (AvgIpc) is 3.43. The number of hydrogen-bond donors (Lipinski definition) is 0. The van der Waals surface area contributed by atoms with E-state index in [9.17, 15) is 0 Å². The van der Waals surface area contributed by atoms with Crippen molar-refractivity contribution in [1.29, 1.82) is 0 Å². The first kappa shape index (κ1) is 17.7. The van der Waals surface area contributed by atoms with Crippen molar-refractivity contribution in [2.75, 3.05) is 18.0 Å². The number of piperidine rings is 1. The van der Waals surface area contributed by atoms with Gasteiger partial charge in [0.15, 0.2) is 0 Å². The Hall–Kier alpha value is -2.38. The molecule has 0 amide bonds. The van der Waals surface area contributed by atoms with Gasteiger partial charge in [0.05, 0.1) is 17.9 Å². The number of nitrogens with zero attached hydrogens (tertiary/aromatic N) is 6. The van der Waals surface area contributed by atoms with E-state index in [0.29, 0.717) is 6.04 Å². The van der Waals surface area contributed by atoms with Crippen LogP contribution in [0.5, 0.6) is 0 Å². The minimum absolute atomic E-state index is 0.451. The van der Waals surface area contributed by atoms with Gasteiger partial charge in [-0.2, -0.15) is 0 Å². The summed E-state index contributed by atoms with van der Waals surface area (Å²) in [5.41, 5.74) is 1.97. The third-order valence-corrected chi connectivity index (χ3v) is 6.53. The molecule has 1 fully saturated rings. The Morgan fingerprint density at radius 1 is 1.25 bits per heavy atom. The van der Waals surface area contributed by atoms with Crippen molar-refractivity contribution in [1.82, 2.24) is 24.1 Å². The summed E-state index contributed by atoms with van der Waals surface area (Å²) in [5.74, 6) is 1.16. The van der Waals surface area contributed by atoms with E-state index in [0.717, 1.165) is 58.1 Å². The summed E-state index contributed by atoms with van der Waals surface area (Å²) < 4.78 is 4.23. The summed E-state index contributed by atoms with van der Waals surface area (Å²) in [4.78, 5) is 12.5. The first-order valence-electron chi connectivity index (χ1n) is 9.60. The van der Waals surface area contributed by atoms with Crippen LogP contribution in [0, 0.1) is 0 Å². The molecule has 28 heavy (non-hydrogen) atoms. The third-order valence-electron chi connectivity index (χ3n) is 5.30. The standard InChI is InChI=1S/C20H21ClN6S/c1-2-18-22-9-11-26(18)16-4-3-10-25(12-16)20-24-27-13-17(23-19(27)28-20)14-5-7-15(21)8-6-14/h5-9,11,13,16H,2-4,10,12H2,1H3. The molecular formula is C20H21ClN6S. The quantitative estimate of drug-likeness (QED) is 0.487. The summed E-state index contributed by atoms with van der Waals surface area (Å²) in [6.07, 6.45) is 9.31. The maximum absolute atomic E-state index is 5.98. The molecule has 8 heteroatoms. The van der Waals surface area contributed by atoms with Crippen LogP contribution in [0.3, 0.4) is 0 Å². The second kappa shape index (κ2) is 7.22. The van der Waals surface area contributed by atoms with Crippen molar-refractivity contribution < 1.29 is 0 Å². The number of rotatable bonds is 4. The predicted octanol–water partition coefficient (Wildman–Crippen LogP) is 4.71. The molecule has 4 heterocycles. The Labute approximate surface area is 172 Å². The monoisotopic (exact) mass is 412 g/mol. The van der Waals surface area contributed by atoms with Crippen LogP contribution in [-0.4, -0.2) is 37.2 Å². The molecule has 144 valence electrons. The predicted molar refractivity (Wildman–Crippen MR) is 113 cm³/mol. The van der Waals surface area contributed by atoms with E-state index in [4.69, 9.17) is 21.7 Å². The first-order chi connectivity index (χ1) is 13.7. The Morgan fingerprint density at radius 3 is 2.89 bits per heavy atom. The Bertz CT molecular complexity index is 1060. The molecule has 1 atom stereocenters. The van der Waals surface area contributed by atoms with Gasteiger partial charge in [0.1, 0.15) is 5.82 Å². The normalized spacial score (nSPS) is 17.5. The second-order valence-corrected chi connectivity index (χ2v) is 8.46. The summed E-state index contributed by atoms with van der Waals surface area (Å²) >= 11 is 7.63. The fourth-order valence-corrected chi connectivity index (χ4v) is 4.93. The van der Waals surface area contributed by atoms with Gasteiger partial charge in [-0.05, 0) is 25.0 Å². The smallest absolute Gasteiger partial charge is 0.214 e. The Balaban J connectivity index is 1.38. The lowest BCUT2D eigenvalue weighted by atomic mass is 10.1. The number of benzene rings is 1. The van der Waals surface area contributed by atoms with Crippen molar-refractivity contribution in [2.45, 2.75) is 32.2 Å². The molecule has 0 radical (unpaired) electrons. The van der Waals surface area contributed by atoms with Crippen LogP contribution >= 0.6 is 22.9 Å². The van der Waals surface area contributed by atoms with Crippen LogP contribution in [0.2, 0.25) is 5.02 Å². The van der Waals surface area contributed by atoms with Crippen molar-refractivity contribution in [3.8, 4) is 11.3 Å². The highest BCUT2D eigenvalue weighted by molar-refractivity contribution is 7.20. The molecule has 0 saturated carbocycles. The first-order valence-corrected chi connectivity index (χ1v) is 10.8. The largest absolute Gasteiger partial charge is 0.345 e. The summed E-state index contributed by atoms with van der Waals surface area (Å²) in [6, 6.07) is 8.20. The molecule has 5 rings (SSSR count). The molecule has 0 N–H and O–H groups in total. The summed E-state index contributed by atoms with van der Waals surface area (Å²) in [5, 5.41) is 6.57. The topological polar surface area (TPSA) is 51.2 Å². The van der Waals surface area contributed by atoms with Gasteiger partial charge in [-0.15, -0.1) is 5.10 Å². The molecule has 1 aliphatic heterocycles. The molecule has 0 aliphatic carbocycles. The van der Waals surface area contributed by atoms with Gasteiger partial charge in [0.25, 0.3) is 0 Å². The van der Waals surface area contributed by atoms with Gasteiger partial charge in [0.2, 0.25) is 10.1 Å². The maximum atomic E-state index is 5.98. The summed E-state index contributed by atoms with van der Waals surface area (Å²) in [6.45, 7) is 4.16. The Kier molecular flexibility index (Phi) is 4.56. The number of anilines is 1. The zero-order chi connectivity index (χ0) is 19.1. The molecule has 0 spiro atoms. The van der Waals surface area contributed by atoms with E-state index in [1.54, 1.807) is 11.3 Å². The minimum atomic E-state index is 0.451. The fourth-order valence-electron chi connectivity index (χ4n) is 3.88. The lowest BCUT2D eigenvalue weighted by Gasteiger charge is -2.33. The number of aryl methyl sites for hydroxylation is 1. The average molecular weight is 413 g/mol. The number of aromatic nitrogens is 5. The lowest BCUT2D eigenvalue weighted by molar-refractivity contribution is 0.395. The summed E-state index contributed by atoms with van der Waals surface area (Å²) in [7, 11) is 0. The Morgan fingerprint density at radius 2 is 2.11 bits per heavy atom. The van der Waals surface area contributed by atoms with E-state index >= 15 is 0 Å². The highest BCUT2D eigenvalue weighted by Gasteiger charge is 2.25. The van der Waals surface area contributed by atoms with Crippen LogP contribution in [0.25, 0.3) is 16.2 Å². The number of halogens is 1. The SMILES string of the molecule is CCc1nccn1C1CCCN(c2nn3cc(-c4ccc(Cl)cc4)nc3s2)C1. The molecule has 1 unspecified atom stereocenters. The fraction of sp³-hybridized carbons (Fsp3) is 0.350. The van der Waals surface area contributed by atoms with Crippen LogP contribution in [0.4, 0.5) is 5.13 Å². The van der Waals surface area contributed by atoms with E-state index in [2.05, 4.69) is 27.6 Å². The number of imidazole rings is 2. The van der Waals surface area contributed by atoms with Gasteiger partial charge < -0.3 is 9.47 Å². The van der Waals surface area contributed by atoms with E-state index in [1.807, 2.05) is 41.2 Å². The molecule has 1 aliphatic rings. The van der Waals surface area contributed by atoms with E-state index in [-0.39, 0.29) is 0 Å². The molecule has 4 aromatic rings.